The number of hydrogen-bond donors (Lipinski definition) is 0. The molecule has 0 radical (unpaired) electrons. The van der Waals surface area contributed by atoms with E-state index in [1.807, 2.05) is 0 Å². The van der Waals surface area contributed by atoms with Crippen LogP contribution in [0.1, 0.15) is 33.4 Å². The van der Waals surface area contributed by atoms with Gasteiger partial charge in [-0.25, -0.2) is 0 Å². The van der Waals surface area contributed by atoms with Crippen LogP contribution >= 0.6 is 0 Å². The summed E-state index contributed by atoms with van der Waals surface area (Å²) >= 11 is 0. The molecule has 0 aromatic heterocycles. The fourth-order valence-corrected chi connectivity index (χ4v) is 4.69. The molecule has 0 aliphatic heterocycles. The SMILES string of the molecule is COc1cc2c(cc1OC)Cc1cc(OC)c(OC)cc1Cc1cc(OC)c(OC)cc1CC2. The van der Waals surface area contributed by atoms with Crippen molar-refractivity contribution >= 4 is 0 Å². The van der Waals surface area contributed by atoms with Crippen molar-refractivity contribution in [3.8, 4) is 34.5 Å². The van der Waals surface area contributed by atoms with Crippen molar-refractivity contribution in [2.45, 2.75) is 25.7 Å². The largest absolute Gasteiger partial charge is 0.493 e. The molecular formula is C28H32O6. The fourth-order valence-electron chi connectivity index (χ4n) is 4.69. The smallest absolute Gasteiger partial charge is 0.161 e. The minimum atomic E-state index is 0.716. The summed E-state index contributed by atoms with van der Waals surface area (Å²) in [4.78, 5) is 0. The van der Waals surface area contributed by atoms with Crippen LogP contribution in [0.3, 0.4) is 0 Å². The Hall–Kier alpha value is -3.54. The lowest BCUT2D eigenvalue weighted by Gasteiger charge is -2.22. The molecule has 0 amide bonds. The second-order valence-corrected chi connectivity index (χ2v) is 8.28. The molecule has 6 nitrogen and oxygen atoms in total. The van der Waals surface area contributed by atoms with Gasteiger partial charge in [0.15, 0.2) is 34.5 Å². The molecule has 34 heavy (non-hydrogen) atoms. The summed E-state index contributed by atoms with van der Waals surface area (Å²) in [5.41, 5.74) is 7.20. The van der Waals surface area contributed by atoms with Crippen LogP contribution in [0.4, 0.5) is 0 Å². The first-order valence-corrected chi connectivity index (χ1v) is 11.3. The van der Waals surface area contributed by atoms with Crippen LogP contribution < -0.4 is 28.4 Å². The molecule has 1 aliphatic rings. The van der Waals surface area contributed by atoms with Crippen LogP contribution in [0.2, 0.25) is 0 Å². The highest BCUT2D eigenvalue weighted by Crippen LogP contribution is 2.39. The molecule has 0 heterocycles. The molecule has 0 spiro atoms. The van der Waals surface area contributed by atoms with Gasteiger partial charge >= 0.3 is 0 Å². The van der Waals surface area contributed by atoms with Gasteiger partial charge in [0.1, 0.15) is 0 Å². The van der Waals surface area contributed by atoms with Gasteiger partial charge in [0.2, 0.25) is 0 Å². The third kappa shape index (κ3) is 4.45. The van der Waals surface area contributed by atoms with Gasteiger partial charge in [0, 0.05) is 0 Å². The average Bonchev–Trinajstić information content (AvgIpc) is 2.87. The van der Waals surface area contributed by atoms with E-state index in [-0.39, 0.29) is 0 Å². The van der Waals surface area contributed by atoms with Crippen molar-refractivity contribution in [2.75, 3.05) is 42.7 Å². The Balaban J connectivity index is 1.95. The first kappa shape index (κ1) is 23.6. The van der Waals surface area contributed by atoms with E-state index < -0.39 is 0 Å². The van der Waals surface area contributed by atoms with Crippen LogP contribution in [0.5, 0.6) is 34.5 Å². The van der Waals surface area contributed by atoms with Crippen LogP contribution in [0, 0.1) is 0 Å². The maximum atomic E-state index is 5.63. The summed E-state index contributed by atoms with van der Waals surface area (Å²) in [6.07, 6.45) is 3.21. The highest BCUT2D eigenvalue weighted by Gasteiger charge is 2.20. The number of fused-ring (bicyclic) bond motifs is 3. The van der Waals surface area contributed by atoms with Crippen molar-refractivity contribution in [3.63, 3.8) is 0 Å². The predicted octanol–water partition coefficient (Wildman–Crippen LogP) is 5.02. The lowest BCUT2D eigenvalue weighted by Crippen LogP contribution is -2.09. The van der Waals surface area contributed by atoms with Crippen LogP contribution in [-0.4, -0.2) is 42.7 Å². The first-order valence-electron chi connectivity index (χ1n) is 11.3. The van der Waals surface area contributed by atoms with Gasteiger partial charge in [-0.05, 0) is 95.5 Å². The summed E-state index contributed by atoms with van der Waals surface area (Å²) in [5, 5.41) is 0. The highest BCUT2D eigenvalue weighted by atomic mass is 16.5. The molecule has 4 rings (SSSR count). The molecule has 1 aliphatic carbocycles. The lowest BCUT2D eigenvalue weighted by molar-refractivity contribution is 0.353. The van der Waals surface area contributed by atoms with Crippen molar-refractivity contribution in [1.29, 1.82) is 0 Å². The Labute approximate surface area is 201 Å². The van der Waals surface area contributed by atoms with E-state index in [4.69, 9.17) is 28.4 Å². The second-order valence-electron chi connectivity index (χ2n) is 8.28. The standard InChI is InChI=1S/C28H32O6/c1-29-23-11-17-7-8-18-12-24(30-2)26(32-4)14-20(18)10-22-16-28(34-6)27(33-5)15-21(22)9-19(17)13-25(23)31-3/h11-16H,7-10H2,1-6H3. The van der Waals surface area contributed by atoms with Crippen LogP contribution in [0.15, 0.2) is 36.4 Å². The monoisotopic (exact) mass is 464 g/mol. The topological polar surface area (TPSA) is 55.4 Å². The molecule has 0 atom stereocenters. The number of aryl methyl sites for hydroxylation is 2. The predicted molar refractivity (Wildman–Crippen MR) is 132 cm³/mol. The number of ether oxygens (including phenoxy) is 6. The third-order valence-electron chi connectivity index (χ3n) is 6.54. The van der Waals surface area contributed by atoms with E-state index >= 15 is 0 Å². The molecular weight excluding hydrogens is 432 g/mol. The van der Waals surface area contributed by atoms with Gasteiger partial charge in [-0.1, -0.05) is 0 Å². The van der Waals surface area contributed by atoms with Gasteiger partial charge in [-0.15, -0.1) is 0 Å². The van der Waals surface area contributed by atoms with Gasteiger partial charge in [0.25, 0.3) is 0 Å². The molecule has 0 unspecified atom stereocenters. The molecule has 3 aromatic rings. The van der Waals surface area contributed by atoms with Crippen LogP contribution in [0.25, 0.3) is 0 Å². The average molecular weight is 465 g/mol. The minimum Gasteiger partial charge on any atom is -0.493 e. The van der Waals surface area contributed by atoms with Crippen molar-refractivity contribution in [1.82, 2.24) is 0 Å². The molecule has 0 saturated heterocycles. The summed E-state index contributed by atoms with van der Waals surface area (Å²) in [5.74, 6) is 4.36. The van der Waals surface area contributed by atoms with E-state index in [0.717, 1.165) is 48.7 Å². The van der Waals surface area contributed by atoms with E-state index in [2.05, 4.69) is 36.4 Å². The van der Waals surface area contributed by atoms with Gasteiger partial charge in [0.05, 0.1) is 42.7 Å². The Kier molecular flexibility index (Phi) is 7.06. The molecule has 180 valence electrons. The van der Waals surface area contributed by atoms with Gasteiger partial charge < -0.3 is 28.4 Å². The zero-order chi connectivity index (χ0) is 24.2. The van der Waals surface area contributed by atoms with Gasteiger partial charge in [-0.2, -0.15) is 0 Å². The molecule has 0 bridgehead atoms. The van der Waals surface area contributed by atoms with Gasteiger partial charge in [-0.3, -0.25) is 0 Å². The normalized spacial score (nSPS) is 12.5. The Morgan fingerprint density at radius 3 is 0.794 bits per heavy atom. The van der Waals surface area contributed by atoms with E-state index in [1.54, 1.807) is 42.7 Å². The van der Waals surface area contributed by atoms with E-state index in [0.29, 0.717) is 11.5 Å². The Morgan fingerprint density at radius 2 is 0.559 bits per heavy atom. The summed E-state index contributed by atoms with van der Waals surface area (Å²) in [7, 11) is 10.0. The fraction of sp³-hybridized carbons (Fsp3) is 0.357. The summed E-state index contributed by atoms with van der Waals surface area (Å²) in [6.45, 7) is 0. The molecule has 0 saturated carbocycles. The number of rotatable bonds is 6. The van der Waals surface area contributed by atoms with Crippen molar-refractivity contribution in [3.05, 3.63) is 69.8 Å². The van der Waals surface area contributed by atoms with Crippen molar-refractivity contribution < 1.29 is 28.4 Å². The zero-order valence-corrected chi connectivity index (χ0v) is 20.7. The Bertz CT molecular complexity index is 1090. The maximum Gasteiger partial charge on any atom is 0.161 e. The van der Waals surface area contributed by atoms with E-state index in [1.165, 1.54) is 33.4 Å². The first-order chi connectivity index (χ1) is 16.5. The Morgan fingerprint density at radius 1 is 0.353 bits per heavy atom. The van der Waals surface area contributed by atoms with Crippen LogP contribution in [-0.2, 0) is 25.7 Å². The number of benzene rings is 3. The minimum absolute atomic E-state index is 0.716. The molecule has 3 aromatic carbocycles. The second kappa shape index (κ2) is 10.2. The summed E-state index contributed by atoms with van der Waals surface area (Å²) in [6, 6.07) is 12.5. The quantitative estimate of drug-likeness (QED) is 0.511. The molecule has 0 fully saturated rings. The highest BCUT2D eigenvalue weighted by molar-refractivity contribution is 5.56. The van der Waals surface area contributed by atoms with E-state index in [9.17, 15) is 0 Å². The number of methoxy groups -OCH3 is 6. The van der Waals surface area contributed by atoms with Crippen molar-refractivity contribution in [2.24, 2.45) is 0 Å². The summed E-state index contributed by atoms with van der Waals surface area (Å²) < 4.78 is 33.7. The molecule has 6 heteroatoms. The third-order valence-corrected chi connectivity index (χ3v) is 6.54. The maximum absolute atomic E-state index is 5.63. The zero-order valence-electron chi connectivity index (χ0n) is 20.7. The number of hydrogen-bond acceptors (Lipinski definition) is 6. The molecule has 0 N–H and O–H groups in total. The lowest BCUT2D eigenvalue weighted by atomic mass is 9.86.